The molecule has 0 saturated heterocycles. The van der Waals surface area contributed by atoms with E-state index >= 15 is 0 Å². The molecule has 90 valence electrons. The predicted octanol–water partition coefficient (Wildman–Crippen LogP) is 1.69. The fourth-order valence-corrected chi connectivity index (χ4v) is 1.56. The summed E-state index contributed by atoms with van der Waals surface area (Å²) in [4.78, 5) is 8.03. The second-order valence-electron chi connectivity index (χ2n) is 3.64. The average Bonchev–Trinajstić information content (AvgIpc) is 2.39. The number of nitrogens with one attached hydrogen (secondary N) is 2. The van der Waals surface area contributed by atoms with Crippen LogP contribution in [0.1, 0.15) is 11.1 Å². The second kappa shape index (κ2) is 5.12. The van der Waals surface area contributed by atoms with Crippen LogP contribution in [0, 0.1) is 18.3 Å². The van der Waals surface area contributed by atoms with Crippen molar-refractivity contribution in [1.82, 2.24) is 9.97 Å². The molecular weight excluding hydrogens is 228 g/mol. The van der Waals surface area contributed by atoms with Crippen molar-refractivity contribution in [2.75, 3.05) is 10.7 Å². The number of benzene rings is 1. The maximum absolute atomic E-state index is 9.12. The summed E-state index contributed by atoms with van der Waals surface area (Å²) in [5.41, 5.74) is 4.58. The number of anilines is 3. The summed E-state index contributed by atoms with van der Waals surface area (Å²) in [7, 11) is 0. The minimum Gasteiger partial charge on any atom is -0.339 e. The van der Waals surface area contributed by atoms with Gasteiger partial charge in [-0.2, -0.15) is 10.2 Å². The number of aromatic nitrogens is 2. The van der Waals surface area contributed by atoms with Crippen molar-refractivity contribution in [3.8, 4) is 6.07 Å². The lowest BCUT2D eigenvalue weighted by atomic mass is 10.1. The SMILES string of the molecule is Cc1cccc(Nc2ccnc(NN)n2)c1C#N. The van der Waals surface area contributed by atoms with Crippen molar-refractivity contribution < 1.29 is 0 Å². The van der Waals surface area contributed by atoms with Gasteiger partial charge < -0.3 is 5.32 Å². The molecule has 0 fully saturated rings. The van der Waals surface area contributed by atoms with Crippen LogP contribution in [0.4, 0.5) is 17.5 Å². The highest BCUT2D eigenvalue weighted by Gasteiger charge is 2.06. The summed E-state index contributed by atoms with van der Waals surface area (Å²) < 4.78 is 0. The first-order valence-corrected chi connectivity index (χ1v) is 5.31. The highest BCUT2D eigenvalue weighted by molar-refractivity contribution is 5.66. The van der Waals surface area contributed by atoms with Crippen LogP contribution in [0.5, 0.6) is 0 Å². The van der Waals surface area contributed by atoms with Crippen LogP contribution >= 0.6 is 0 Å². The first kappa shape index (κ1) is 11.8. The molecular formula is C12H12N6. The third-order valence-electron chi connectivity index (χ3n) is 2.43. The Kier molecular flexibility index (Phi) is 3.36. The Labute approximate surface area is 104 Å². The first-order valence-electron chi connectivity index (χ1n) is 5.31. The smallest absolute Gasteiger partial charge is 0.239 e. The Bertz CT molecular complexity index is 602. The Balaban J connectivity index is 2.34. The number of aryl methyl sites for hydroxylation is 1. The van der Waals surface area contributed by atoms with Gasteiger partial charge in [-0.05, 0) is 24.6 Å². The summed E-state index contributed by atoms with van der Waals surface area (Å²) in [6.07, 6.45) is 1.58. The van der Waals surface area contributed by atoms with Gasteiger partial charge in [0, 0.05) is 6.20 Å². The molecule has 0 aliphatic carbocycles. The second-order valence-corrected chi connectivity index (χ2v) is 3.64. The van der Waals surface area contributed by atoms with E-state index in [1.54, 1.807) is 12.3 Å². The standard InChI is InChI=1S/C12H12N6/c1-8-3-2-4-10(9(8)7-13)16-11-5-6-15-12(17-11)18-14/h2-6H,14H2,1H3,(H2,15,16,17,18). The van der Waals surface area contributed by atoms with Crippen LogP contribution in [0.3, 0.4) is 0 Å². The number of nitrogens with two attached hydrogens (primary N) is 1. The van der Waals surface area contributed by atoms with E-state index in [2.05, 4.69) is 26.8 Å². The van der Waals surface area contributed by atoms with E-state index in [1.807, 2.05) is 25.1 Å². The zero-order valence-corrected chi connectivity index (χ0v) is 9.81. The predicted molar refractivity (Wildman–Crippen MR) is 69.0 cm³/mol. The number of nitrogens with zero attached hydrogens (tertiary/aromatic N) is 3. The fourth-order valence-electron chi connectivity index (χ4n) is 1.56. The van der Waals surface area contributed by atoms with Crippen molar-refractivity contribution in [3.63, 3.8) is 0 Å². The number of hydrogen-bond donors (Lipinski definition) is 3. The lowest BCUT2D eigenvalue weighted by Crippen LogP contribution is -2.11. The van der Waals surface area contributed by atoms with E-state index in [-0.39, 0.29) is 0 Å². The maximum atomic E-state index is 9.12. The molecule has 6 heteroatoms. The normalized spacial score (nSPS) is 9.61. The fraction of sp³-hybridized carbons (Fsp3) is 0.0833. The molecule has 2 rings (SSSR count). The summed E-state index contributed by atoms with van der Waals surface area (Å²) in [6.45, 7) is 1.89. The van der Waals surface area contributed by atoms with Gasteiger partial charge >= 0.3 is 0 Å². The number of hydrazine groups is 1. The van der Waals surface area contributed by atoms with Crippen LogP contribution in [0.25, 0.3) is 0 Å². The molecule has 6 nitrogen and oxygen atoms in total. The molecule has 4 N–H and O–H groups in total. The molecule has 0 spiro atoms. The lowest BCUT2D eigenvalue weighted by Gasteiger charge is -2.09. The van der Waals surface area contributed by atoms with Gasteiger partial charge in [-0.25, -0.2) is 10.8 Å². The Morgan fingerprint density at radius 1 is 1.33 bits per heavy atom. The van der Waals surface area contributed by atoms with Crippen molar-refractivity contribution in [3.05, 3.63) is 41.6 Å². The van der Waals surface area contributed by atoms with Gasteiger partial charge in [-0.3, -0.25) is 5.43 Å². The van der Waals surface area contributed by atoms with Crippen LogP contribution in [0.15, 0.2) is 30.5 Å². The highest BCUT2D eigenvalue weighted by Crippen LogP contribution is 2.21. The summed E-state index contributed by atoms with van der Waals surface area (Å²) in [6, 6.07) is 9.45. The number of hydrogen-bond acceptors (Lipinski definition) is 6. The molecule has 0 bridgehead atoms. The topological polar surface area (TPSA) is 99.7 Å². The Morgan fingerprint density at radius 2 is 2.17 bits per heavy atom. The molecule has 0 atom stereocenters. The van der Waals surface area contributed by atoms with E-state index in [9.17, 15) is 0 Å². The highest BCUT2D eigenvalue weighted by atomic mass is 15.3. The van der Waals surface area contributed by atoms with Gasteiger partial charge in [0.15, 0.2) is 0 Å². The van der Waals surface area contributed by atoms with Gasteiger partial charge in [0.25, 0.3) is 0 Å². The van der Waals surface area contributed by atoms with Gasteiger partial charge in [0.05, 0.1) is 11.3 Å². The molecule has 1 aromatic carbocycles. The van der Waals surface area contributed by atoms with E-state index in [0.29, 0.717) is 23.0 Å². The number of nitriles is 1. The molecule has 18 heavy (non-hydrogen) atoms. The van der Waals surface area contributed by atoms with Crippen molar-refractivity contribution in [2.45, 2.75) is 6.92 Å². The molecule has 0 aliphatic rings. The quantitative estimate of drug-likeness (QED) is 0.557. The molecule has 0 amide bonds. The average molecular weight is 240 g/mol. The number of rotatable bonds is 3. The third kappa shape index (κ3) is 2.36. The van der Waals surface area contributed by atoms with Gasteiger partial charge in [-0.1, -0.05) is 12.1 Å². The Hall–Kier alpha value is -2.65. The van der Waals surface area contributed by atoms with Crippen LogP contribution in [0.2, 0.25) is 0 Å². The summed E-state index contributed by atoms with van der Waals surface area (Å²) in [5.74, 6) is 6.12. The molecule has 1 heterocycles. The van der Waals surface area contributed by atoms with Crippen LogP contribution < -0.4 is 16.6 Å². The minimum absolute atomic E-state index is 0.311. The molecule has 0 radical (unpaired) electrons. The molecule has 1 aromatic heterocycles. The minimum atomic E-state index is 0.311. The van der Waals surface area contributed by atoms with E-state index in [0.717, 1.165) is 5.56 Å². The largest absolute Gasteiger partial charge is 0.339 e. The Morgan fingerprint density at radius 3 is 2.89 bits per heavy atom. The molecule has 2 aromatic rings. The van der Waals surface area contributed by atoms with Crippen molar-refractivity contribution in [2.24, 2.45) is 5.84 Å². The lowest BCUT2D eigenvalue weighted by molar-refractivity contribution is 1.12. The number of nitrogen functional groups attached to an aromatic ring is 1. The molecule has 0 unspecified atom stereocenters. The summed E-state index contributed by atoms with van der Waals surface area (Å²) >= 11 is 0. The van der Waals surface area contributed by atoms with Crippen LogP contribution in [-0.2, 0) is 0 Å². The van der Waals surface area contributed by atoms with Gasteiger partial charge in [-0.15, -0.1) is 0 Å². The van der Waals surface area contributed by atoms with Crippen LogP contribution in [-0.4, -0.2) is 9.97 Å². The zero-order chi connectivity index (χ0) is 13.0. The van der Waals surface area contributed by atoms with E-state index in [4.69, 9.17) is 11.1 Å². The van der Waals surface area contributed by atoms with Gasteiger partial charge in [0.1, 0.15) is 11.9 Å². The third-order valence-corrected chi connectivity index (χ3v) is 2.43. The molecule has 0 aliphatic heterocycles. The van der Waals surface area contributed by atoms with Crippen molar-refractivity contribution >= 4 is 17.5 Å². The monoisotopic (exact) mass is 240 g/mol. The zero-order valence-electron chi connectivity index (χ0n) is 9.81. The van der Waals surface area contributed by atoms with E-state index < -0.39 is 0 Å². The van der Waals surface area contributed by atoms with Gasteiger partial charge in [0.2, 0.25) is 5.95 Å². The van der Waals surface area contributed by atoms with Crippen molar-refractivity contribution in [1.29, 1.82) is 5.26 Å². The maximum Gasteiger partial charge on any atom is 0.239 e. The first-order chi connectivity index (χ1) is 8.74. The van der Waals surface area contributed by atoms with E-state index in [1.165, 1.54) is 0 Å². The summed E-state index contributed by atoms with van der Waals surface area (Å²) in [5, 5.41) is 12.2. The molecule has 0 saturated carbocycles.